The molecule has 0 fully saturated rings. The molecule has 0 aliphatic carbocycles. The highest BCUT2D eigenvalue weighted by molar-refractivity contribution is 7.98. The van der Waals surface area contributed by atoms with Crippen molar-refractivity contribution in [3.63, 3.8) is 0 Å². The van der Waals surface area contributed by atoms with Crippen molar-refractivity contribution in [1.29, 1.82) is 0 Å². The Balaban J connectivity index is 1.47. The third kappa shape index (κ3) is 4.95. The highest BCUT2D eigenvalue weighted by Crippen LogP contribution is 2.26. The number of rotatable bonds is 8. The number of fused-ring (bicyclic) bond motifs is 1. The van der Waals surface area contributed by atoms with Crippen molar-refractivity contribution in [2.24, 2.45) is 0 Å². The molecule has 0 saturated carbocycles. The highest BCUT2D eigenvalue weighted by Gasteiger charge is 2.11. The van der Waals surface area contributed by atoms with Crippen LogP contribution < -0.4 is 4.74 Å². The summed E-state index contributed by atoms with van der Waals surface area (Å²) in [4.78, 5) is 6.03. The zero-order chi connectivity index (χ0) is 20.1. The van der Waals surface area contributed by atoms with Gasteiger partial charge < -0.3 is 9.30 Å². The minimum absolute atomic E-state index is 0.602. The number of benzene rings is 3. The van der Waals surface area contributed by atoms with Gasteiger partial charge in [0.25, 0.3) is 0 Å². The Labute approximate surface area is 180 Å². The highest BCUT2D eigenvalue weighted by atomic mass is 35.5. The van der Waals surface area contributed by atoms with E-state index < -0.39 is 0 Å². The van der Waals surface area contributed by atoms with Crippen molar-refractivity contribution in [3.8, 4) is 5.75 Å². The molecule has 148 valence electrons. The van der Waals surface area contributed by atoms with E-state index in [-0.39, 0.29) is 0 Å². The van der Waals surface area contributed by atoms with Crippen LogP contribution in [0, 0.1) is 0 Å². The number of para-hydroxylation sites is 2. The maximum atomic E-state index is 5.99. The van der Waals surface area contributed by atoms with E-state index in [4.69, 9.17) is 21.3 Å². The normalized spacial score (nSPS) is 11.1. The summed E-state index contributed by atoms with van der Waals surface area (Å²) in [5, 5.41) is 0.755. The maximum absolute atomic E-state index is 5.99. The fraction of sp³-hybridized carbons (Fsp3) is 0.208. The minimum Gasteiger partial charge on any atom is -0.492 e. The van der Waals surface area contributed by atoms with Crippen LogP contribution in [0.25, 0.3) is 11.0 Å². The number of aryl methyl sites for hydroxylation is 1. The molecule has 0 amide bonds. The van der Waals surface area contributed by atoms with Gasteiger partial charge in [0.1, 0.15) is 18.2 Å². The molecule has 5 heteroatoms. The summed E-state index contributed by atoms with van der Waals surface area (Å²) < 4.78 is 8.25. The van der Waals surface area contributed by atoms with Gasteiger partial charge in [0.05, 0.1) is 23.3 Å². The van der Waals surface area contributed by atoms with Gasteiger partial charge in [-0.25, -0.2) is 4.98 Å². The molecule has 1 heterocycles. The smallest absolute Gasteiger partial charge is 0.120 e. The molecule has 4 rings (SSSR count). The van der Waals surface area contributed by atoms with Gasteiger partial charge in [-0.05, 0) is 60.5 Å². The Morgan fingerprint density at radius 2 is 1.72 bits per heavy atom. The van der Waals surface area contributed by atoms with E-state index in [1.165, 1.54) is 10.5 Å². The van der Waals surface area contributed by atoms with Crippen LogP contribution in [-0.2, 0) is 18.7 Å². The third-order valence-corrected chi connectivity index (χ3v) is 6.09. The Morgan fingerprint density at radius 1 is 0.966 bits per heavy atom. The molecule has 0 aliphatic rings. The minimum atomic E-state index is 0.602. The van der Waals surface area contributed by atoms with Crippen LogP contribution in [0.1, 0.15) is 18.3 Å². The second kappa shape index (κ2) is 9.38. The molecule has 3 aromatic carbocycles. The van der Waals surface area contributed by atoms with E-state index in [0.29, 0.717) is 6.61 Å². The van der Waals surface area contributed by atoms with E-state index in [2.05, 4.69) is 41.8 Å². The molecular weight excluding hydrogens is 400 g/mol. The molecule has 0 unspecified atom stereocenters. The molecule has 1 aromatic heterocycles. The molecule has 29 heavy (non-hydrogen) atoms. The SMILES string of the molecule is CCc1ccc(OCCn2c(CSc3ccc(Cl)cc3)nc3ccccc32)cc1. The zero-order valence-electron chi connectivity index (χ0n) is 16.3. The largest absolute Gasteiger partial charge is 0.492 e. The molecule has 0 saturated heterocycles. The lowest BCUT2D eigenvalue weighted by Crippen LogP contribution is -2.11. The van der Waals surface area contributed by atoms with Gasteiger partial charge >= 0.3 is 0 Å². The van der Waals surface area contributed by atoms with Crippen LogP contribution in [-0.4, -0.2) is 16.2 Å². The summed E-state index contributed by atoms with van der Waals surface area (Å²) in [5.41, 5.74) is 3.48. The van der Waals surface area contributed by atoms with Crippen LogP contribution in [0.5, 0.6) is 5.75 Å². The molecule has 3 nitrogen and oxygen atoms in total. The summed E-state index contributed by atoms with van der Waals surface area (Å²) in [6.07, 6.45) is 1.04. The topological polar surface area (TPSA) is 27.1 Å². The Bertz CT molecular complexity index is 1070. The standard InChI is InChI=1S/C24H23ClN2OS/c1-2-18-7-11-20(12-8-18)28-16-15-27-23-6-4-3-5-22(23)26-24(27)17-29-21-13-9-19(25)10-14-21/h3-14H,2,15-17H2,1H3. The van der Waals surface area contributed by atoms with Gasteiger partial charge in [-0.1, -0.05) is 42.8 Å². The van der Waals surface area contributed by atoms with Gasteiger partial charge in [-0.3, -0.25) is 0 Å². The molecule has 0 spiro atoms. The lowest BCUT2D eigenvalue weighted by Gasteiger charge is -2.11. The maximum Gasteiger partial charge on any atom is 0.120 e. The number of thioether (sulfide) groups is 1. The van der Waals surface area contributed by atoms with Crippen molar-refractivity contribution in [2.75, 3.05) is 6.61 Å². The first-order valence-corrected chi connectivity index (χ1v) is 11.1. The van der Waals surface area contributed by atoms with E-state index in [1.54, 1.807) is 11.8 Å². The van der Waals surface area contributed by atoms with Crippen LogP contribution in [0.3, 0.4) is 0 Å². The van der Waals surface area contributed by atoms with Gasteiger partial charge in [0, 0.05) is 9.92 Å². The van der Waals surface area contributed by atoms with E-state index >= 15 is 0 Å². The molecule has 0 radical (unpaired) electrons. The van der Waals surface area contributed by atoms with Gasteiger partial charge in [0.15, 0.2) is 0 Å². The number of nitrogens with zero attached hydrogens (tertiary/aromatic N) is 2. The Hall–Kier alpha value is -2.43. The predicted octanol–water partition coefficient (Wildman–Crippen LogP) is 6.62. The monoisotopic (exact) mass is 422 g/mol. The molecule has 0 aliphatic heterocycles. The number of hydrogen-bond acceptors (Lipinski definition) is 3. The van der Waals surface area contributed by atoms with E-state index in [1.807, 2.05) is 42.5 Å². The summed E-state index contributed by atoms with van der Waals surface area (Å²) in [7, 11) is 0. The first-order chi connectivity index (χ1) is 14.2. The number of hydrogen-bond donors (Lipinski definition) is 0. The van der Waals surface area contributed by atoms with Crippen molar-refractivity contribution in [2.45, 2.75) is 30.5 Å². The second-order valence-electron chi connectivity index (χ2n) is 6.76. The lowest BCUT2D eigenvalue weighted by atomic mass is 10.2. The lowest BCUT2D eigenvalue weighted by molar-refractivity contribution is 0.298. The average molecular weight is 423 g/mol. The van der Waals surface area contributed by atoms with Crippen molar-refractivity contribution in [3.05, 3.63) is 89.2 Å². The van der Waals surface area contributed by atoms with Crippen molar-refractivity contribution < 1.29 is 4.74 Å². The molecule has 4 aromatic rings. The first kappa shape index (κ1) is 19.9. The summed E-state index contributed by atoms with van der Waals surface area (Å²) in [5.74, 6) is 2.75. The molecular formula is C24H23ClN2OS. The fourth-order valence-electron chi connectivity index (χ4n) is 3.24. The van der Waals surface area contributed by atoms with Gasteiger partial charge in [-0.15, -0.1) is 11.8 Å². The fourth-order valence-corrected chi connectivity index (χ4v) is 4.21. The van der Waals surface area contributed by atoms with Crippen LogP contribution in [0.15, 0.2) is 77.7 Å². The molecule has 0 atom stereocenters. The number of ether oxygens (including phenoxy) is 1. The summed E-state index contributed by atoms with van der Waals surface area (Å²) in [6, 6.07) is 24.5. The van der Waals surface area contributed by atoms with Crippen LogP contribution in [0.2, 0.25) is 5.02 Å². The average Bonchev–Trinajstić information content (AvgIpc) is 3.11. The Kier molecular flexibility index (Phi) is 6.43. The van der Waals surface area contributed by atoms with Crippen LogP contribution in [0.4, 0.5) is 0 Å². The predicted molar refractivity (Wildman–Crippen MR) is 122 cm³/mol. The van der Waals surface area contributed by atoms with Crippen molar-refractivity contribution in [1.82, 2.24) is 9.55 Å². The quantitative estimate of drug-likeness (QED) is 0.298. The van der Waals surface area contributed by atoms with Gasteiger partial charge in [-0.2, -0.15) is 0 Å². The third-order valence-electron chi connectivity index (χ3n) is 4.83. The van der Waals surface area contributed by atoms with E-state index in [0.717, 1.165) is 46.3 Å². The number of aromatic nitrogens is 2. The first-order valence-electron chi connectivity index (χ1n) is 9.77. The zero-order valence-corrected chi connectivity index (χ0v) is 17.9. The van der Waals surface area contributed by atoms with Crippen LogP contribution >= 0.6 is 23.4 Å². The Morgan fingerprint density at radius 3 is 2.48 bits per heavy atom. The molecule has 0 N–H and O–H groups in total. The number of imidazole rings is 1. The van der Waals surface area contributed by atoms with E-state index in [9.17, 15) is 0 Å². The summed E-state index contributed by atoms with van der Waals surface area (Å²) in [6.45, 7) is 3.51. The molecule has 0 bridgehead atoms. The number of halogens is 1. The van der Waals surface area contributed by atoms with Gasteiger partial charge in [0.2, 0.25) is 0 Å². The summed E-state index contributed by atoms with van der Waals surface area (Å²) >= 11 is 7.76. The van der Waals surface area contributed by atoms with Crippen molar-refractivity contribution >= 4 is 34.4 Å². The second-order valence-corrected chi connectivity index (χ2v) is 8.24.